The van der Waals surface area contributed by atoms with E-state index in [1.807, 2.05) is 6.07 Å². The number of nitrogen functional groups attached to an aromatic ring is 1. The van der Waals surface area contributed by atoms with Gasteiger partial charge < -0.3 is 20.0 Å². The number of aromatic amines is 1. The van der Waals surface area contributed by atoms with Crippen LogP contribution in [0.2, 0.25) is 5.02 Å². The number of fused-ring (bicyclic) bond motifs is 1. The first kappa shape index (κ1) is 15.6. The molecule has 0 spiro atoms. The van der Waals surface area contributed by atoms with Crippen molar-refractivity contribution in [1.82, 2.24) is 9.55 Å². The Kier molecular flexibility index (Phi) is 3.75. The second-order valence-electron chi connectivity index (χ2n) is 4.97. The van der Waals surface area contributed by atoms with Crippen LogP contribution in [-0.4, -0.2) is 22.6 Å². The van der Waals surface area contributed by atoms with E-state index in [0.717, 1.165) is 0 Å². The molecule has 1 aromatic carbocycles. The molecule has 0 fully saturated rings. The minimum absolute atomic E-state index is 0.0180. The molecule has 0 atom stereocenters. The molecule has 0 amide bonds. The van der Waals surface area contributed by atoms with Gasteiger partial charge in [0.1, 0.15) is 6.07 Å². The number of methoxy groups -OCH3 is 1. The molecule has 0 unspecified atom stereocenters. The highest BCUT2D eigenvalue weighted by Gasteiger charge is 2.22. The van der Waals surface area contributed by atoms with Crippen molar-refractivity contribution in [2.24, 2.45) is 0 Å². The molecule has 24 heavy (non-hydrogen) atoms. The van der Waals surface area contributed by atoms with E-state index >= 15 is 0 Å². The molecular weight excluding hydrogens is 332 g/mol. The summed E-state index contributed by atoms with van der Waals surface area (Å²) in [7, 11) is 1.22. The Hall–Kier alpha value is -3.24. The highest BCUT2D eigenvalue weighted by molar-refractivity contribution is 6.35. The summed E-state index contributed by atoms with van der Waals surface area (Å²) in [6.45, 7) is 0. The van der Waals surface area contributed by atoms with Crippen LogP contribution in [0.25, 0.3) is 16.5 Å². The van der Waals surface area contributed by atoms with Crippen LogP contribution in [0.1, 0.15) is 16.1 Å². The second-order valence-corrected chi connectivity index (χ2v) is 5.38. The van der Waals surface area contributed by atoms with Gasteiger partial charge in [-0.15, -0.1) is 0 Å². The molecular formula is C16H11ClN4O3. The zero-order valence-electron chi connectivity index (χ0n) is 12.5. The van der Waals surface area contributed by atoms with Gasteiger partial charge in [-0.1, -0.05) is 17.7 Å². The van der Waals surface area contributed by atoms with Crippen LogP contribution < -0.4 is 11.3 Å². The van der Waals surface area contributed by atoms with Crippen LogP contribution in [0.15, 0.2) is 35.4 Å². The molecule has 0 saturated heterocycles. The summed E-state index contributed by atoms with van der Waals surface area (Å²) in [5, 5.41) is 10.5. The lowest BCUT2D eigenvalue weighted by Gasteiger charge is -2.09. The number of rotatable bonds is 2. The lowest BCUT2D eigenvalue weighted by Crippen LogP contribution is -2.12. The van der Waals surface area contributed by atoms with Crippen LogP contribution in [0.3, 0.4) is 0 Å². The van der Waals surface area contributed by atoms with Crippen LogP contribution in [-0.2, 0) is 4.74 Å². The molecule has 8 heteroatoms. The SMILES string of the molecule is COC(=O)c1c(N)c(C#N)cn1-c1ccc2c(Cl)c[nH]c(=O)c2c1. The van der Waals surface area contributed by atoms with Gasteiger partial charge >= 0.3 is 5.97 Å². The molecule has 3 rings (SSSR count). The van der Waals surface area contributed by atoms with Crippen LogP contribution in [0.4, 0.5) is 5.69 Å². The number of nitriles is 1. The normalized spacial score (nSPS) is 10.5. The van der Waals surface area contributed by atoms with E-state index in [-0.39, 0.29) is 22.5 Å². The monoisotopic (exact) mass is 342 g/mol. The van der Waals surface area contributed by atoms with Crippen molar-refractivity contribution in [2.45, 2.75) is 0 Å². The summed E-state index contributed by atoms with van der Waals surface area (Å²) in [4.78, 5) is 26.6. The number of hydrogen-bond acceptors (Lipinski definition) is 5. The molecule has 0 saturated carbocycles. The number of carbonyl (C=O) groups excluding carboxylic acids is 1. The minimum Gasteiger partial charge on any atom is -0.464 e. The van der Waals surface area contributed by atoms with Crippen LogP contribution >= 0.6 is 11.6 Å². The Morgan fingerprint density at radius 1 is 1.42 bits per heavy atom. The third-order valence-corrected chi connectivity index (χ3v) is 3.97. The van der Waals surface area contributed by atoms with Crippen molar-refractivity contribution in [3.8, 4) is 11.8 Å². The third-order valence-electron chi connectivity index (χ3n) is 3.66. The van der Waals surface area contributed by atoms with Gasteiger partial charge in [0.05, 0.1) is 28.8 Å². The van der Waals surface area contributed by atoms with Gasteiger partial charge in [0.15, 0.2) is 5.69 Å². The van der Waals surface area contributed by atoms with Crippen LogP contribution in [0, 0.1) is 11.3 Å². The Labute approximate surface area is 140 Å². The molecule has 0 bridgehead atoms. The molecule has 3 N–H and O–H groups in total. The number of benzene rings is 1. The summed E-state index contributed by atoms with van der Waals surface area (Å²) < 4.78 is 6.15. The molecule has 0 aliphatic rings. The largest absolute Gasteiger partial charge is 0.464 e. The van der Waals surface area contributed by atoms with E-state index < -0.39 is 5.97 Å². The topological polar surface area (TPSA) is 114 Å². The number of ether oxygens (including phenoxy) is 1. The smallest absolute Gasteiger partial charge is 0.357 e. The number of H-pyrrole nitrogens is 1. The van der Waals surface area contributed by atoms with Gasteiger partial charge in [0.2, 0.25) is 0 Å². The van der Waals surface area contributed by atoms with Crippen molar-refractivity contribution < 1.29 is 9.53 Å². The van der Waals surface area contributed by atoms with Gasteiger partial charge in [-0.05, 0) is 12.1 Å². The number of nitrogens with two attached hydrogens (primary N) is 1. The number of halogens is 1. The fourth-order valence-corrected chi connectivity index (χ4v) is 2.70. The fraction of sp³-hybridized carbons (Fsp3) is 0.0625. The lowest BCUT2D eigenvalue weighted by atomic mass is 10.1. The fourth-order valence-electron chi connectivity index (χ4n) is 2.48. The van der Waals surface area contributed by atoms with Crippen LogP contribution in [0.5, 0.6) is 0 Å². The van der Waals surface area contributed by atoms with Crippen molar-refractivity contribution in [2.75, 3.05) is 12.8 Å². The van der Waals surface area contributed by atoms with E-state index in [0.29, 0.717) is 21.5 Å². The number of nitrogens with zero attached hydrogens (tertiary/aromatic N) is 2. The number of anilines is 1. The van der Waals surface area contributed by atoms with Crippen molar-refractivity contribution in [1.29, 1.82) is 5.26 Å². The van der Waals surface area contributed by atoms with Gasteiger partial charge in [-0.2, -0.15) is 5.26 Å². The molecule has 2 heterocycles. The summed E-state index contributed by atoms with van der Waals surface area (Å²) in [5.74, 6) is -0.686. The van der Waals surface area contributed by atoms with E-state index in [9.17, 15) is 9.59 Å². The predicted molar refractivity (Wildman–Crippen MR) is 89.4 cm³/mol. The second kappa shape index (κ2) is 5.76. The average Bonchev–Trinajstić information content (AvgIpc) is 2.94. The maximum atomic E-state index is 12.0. The number of pyridine rings is 1. The van der Waals surface area contributed by atoms with Gasteiger partial charge in [-0.3, -0.25) is 4.79 Å². The molecule has 0 aliphatic heterocycles. The zero-order valence-corrected chi connectivity index (χ0v) is 13.2. The average molecular weight is 343 g/mol. The van der Waals surface area contributed by atoms with Crippen molar-refractivity contribution in [3.05, 3.63) is 57.2 Å². The van der Waals surface area contributed by atoms with E-state index in [1.165, 1.54) is 24.1 Å². The van der Waals surface area contributed by atoms with Gasteiger partial charge in [0, 0.05) is 23.5 Å². The number of carbonyl (C=O) groups is 1. The van der Waals surface area contributed by atoms with Gasteiger partial charge in [0.25, 0.3) is 5.56 Å². The first-order chi connectivity index (χ1) is 11.5. The first-order valence-electron chi connectivity index (χ1n) is 6.78. The van der Waals surface area contributed by atoms with E-state index in [2.05, 4.69) is 4.98 Å². The Bertz CT molecular complexity index is 1080. The van der Waals surface area contributed by atoms with E-state index in [4.69, 9.17) is 27.3 Å². The van der Waals surface area contributed by atoms with Gasteiger partial charge in [-0.25, -0.2) is 4.79 Å². The summed E-state index contributed by atoms with van der Waals surface area (Å²) in [5.41, 5.74) is 6.19. The number of hydrogen-bond donors (Lipinski definition) is 2. The summed E-state index contributed by atoms with van der Waals surface area (Å²) in [6.07, 6.45) is 2.83. The minimum atomic E-state index is -0.686. The zero-order chi connectivity index (χ0) is 17.4. The standard InChI is InChI=1S/C16H11ClN4O3/c1-24-16(23)14-13(19)8(5-18)7-21(14)9-2-3-10-11(4-9)15(22)20-6-12(10)17/h2-4,6-7H,19H2,1H3,(H,20,22). The Balaban J connectivity index is 2.32. The quantitative estimate of drug-likeness (QED) is 0.693. The molecule has 120 valence electrons. The Morgan fingerprint density at radius 3 is 2.83 bits per heavy atom. The van der Waals surface area contributed by atoms with Crippen molar-refractivity contribution in [3.63, 3.8) is 0 Å². The first-order valence-corrected chi connectivity index (χ1v) is 7.16. The maximum absolute atomic E-state index is 12.0. The van der Waals surface area contributed by atoms with E-state index in [1.54, 1.807) is 18.2 Å². The summed E-state index contributed by atoms with van der Waals surface area (Å²) in [6, 6.07) is 6.81. The Morgan fingerprint density at radius 2 is 2.17 bits per heavy atom. The predicted octanol–water partition coefficient (Wildman–Crippen LogP) is 2.21. The number of esters is 1. The number of nitrogens with one attached hydrogen (secondary N) is 1. The molecule has 0 radical (unpaired) electrons. The molecule has 0 aliphatic carbocycles. The molecule has 2 aromatic heterocycles. The maximum Gasteiger partial charge on any atom is 0.357 e. The highest BCUT2D eigenvalue weighted by Crippen LogP contribution is 2.27. The number of aromatic nitrogens is 2. The molecule has 7 nitrogen and oxygen atoms in total. The third kappa shape index (κ3) is 2.30. The lowest BCUT2D eigenvalue weighted by molar-refractivity contribution is 0.0593. The highest BCUT2D eigenvalue weighted by atomic mass is 35.5. The molecule has 3 aromatic rings. The van der Waals surface area contributed by atoms with Crippen molar-refractivity contribution >= 4 is 34.0 Å². The summed E-state index contributed by atoms with van der Waals surface area (Å²) >= 11 is 6.07.